The third-order valence-electron chi connectivity index (χ3n) is 2.61. The highest BCUT2D eigenvalue weighted by atomic mass is 16.5. The van der Waals surface area contributed by atoms with Crippen LogP contribution in [0.4, 0.5) is 0 Å². The molecule has 0 aromatic rings. The highest BCUT2D eigenvalue weighted by Gasteiger charge is 2.05. The molecule has 0 spiro atoms. The Kier molecular flexibility index (Phi) is 10.8. The lowest BCUT2D eigenvalue weighted by Crippen LogP contribution is -2.16. The second-order valence-electron chi connectivity index (χ2n) is 4.50. The van der Waals surface area contributed by atoms with E-state index in [9.17, 15) is 9.59 Å². The van der Waals surface area contributed by atoms with E-state index in [2.05, 4.69) is 19.6 Å². The molecular weight excluding hydrogens is 244 g/mol. The standard InChI is InChI=1S/C15H24O4/c1-3-8-13(2)9-6-4-5-7-10-15(18)19-12-14(17)11-16/h3,9,16H,1,4-8,10-12H2,2H3/b13-9-. The first kappa shape index (κ1) is 17.6. The molecule has 0 saturated carbocycles. The van der Waals surface area contributed by atoms with Crippen molar-refractivity contribution in [2.45, 2.75) is 45.4 Å². The van der Waals surface area contributed by atoms with E-state index in [-0.39, 0.29) is 12.6 Å². The zero-order valence-corrected chi connectivity index (χ0v) is 11.7. The molecule has 0 saturated heterocycles. The molecule has 0 unspecified atom stereocenters. The summed E-state index contributed by atoms with van der Waals surface area (Å²) in [5, 5.41) is 8.45. The minimum atomic E-state index is -0.580. The van der Waals surface area contributed by atoms with Crippen LogP contribution in [0, 0.1) is 0 Å². The first-order valence-corrected chi connectivity index (χ1v) is 6.64. The Labute approximate surface area is 115 Å². The molecule has 0 amide bonds. The fourth-order valence-corrected chi connectivity index (χ4v) is 1.53. The minimum absolute atomic E-state index is 0.321. The van der Waals surface area contributed by atoms with Gasteiger partial charge in [-0.2, -0.15) is 0 Å². The van der Waals surface area contributed by atoms with Gasteiger partial charge in [-0.15, -0.1) is 6.58 Å². The summed E-state index contributed by atoms with van der Waals surface area (Å²) in [6, 6.07) is 0. The van der Waals surface area contributed by atoms with Crippen molar-refractivity contribution in [2.24, 2.45) is 0 Å². The van der Waals surface area contributed by atoms with Gasteiger partial charge in [-0.25, -0.2) is 0 Å². The number of rotatable bonds is 11. The average Bonchev–Trinajstić information content (AvgIpc) is 2.40. The maximum absolute atomic E-state index is 11.2. The number of ether oxygens (including phenoxy) is 1. The molecule has 0 radical (unpaired) electrons. The third kappa shape index (κ3) is 11.4. The Balaban J connectivity index is 3.48. The van der Waals surface area contributed by atoms with Crippen molar-refractivity contribution in [3.05, 3.63) is 24.3 Å². The molecule has 4 nitrogen and oxygen atoms in total. The number of unbranched alkanes of at least 4 members (excludes halogenated alkanes) is 3. The number of Topliss-reactive ketones (excluding diaryl/α,β-unsaturated/α-hetero) is 1. The minimum Gasteiger partial charge on any atom is -0.458 e. The van der Waals surface area contributed by atoms with Crippen LogP contribution in [0.1, 0.15) is 45.4 Å². The lowest BCUT2D eigenvalue weighted by Gasteiger charge is -2.03. The van der Waals surface area contributed by atoms with E-state index in [1.54, 1.807) is 0 Å². The number of aliphatic hydroxyl groups is 1. The van der Waals surface area contributed by atoms with Crippen molar-refractivity contribution in [1.82, 2.24) is 0 Å². The molecule has 19 heavy (non-hydrogen) atoms. The van der Waals surface area contributed by atoms with Gasteiger partial charge in [-0.3, -0.25) is 9.59 Å². The molecule has 1 N–H and O–H groups in total. The molecule has 0 bridgehead atoms. The summed E-state index contributed by atoms with van der Waals surface area (Å²) in [5.41, 5.74) is 1.32. The van der Waals surface area contributed by atoms with Crippen LogP contribution in [-0.2, 0) is 14.3 Å². The van der Waals surface area contributed by atoms with Gasteiger partial charge in [-0.05, 0) is 32.6 Å². The molecule has 0 aromatic carbocycles. The summed E-state index contributed by atoms with van der Waals surface area (Å²) >= 11 is 0. The van der Waals surface area contributed by atoms with Crippen molar-refractivity contribution in [3.63, 3.8) is 0 Å². The summed E-state index contributed by atoms with van der Waals surface area (Å²) in [6.45, 7) is 4.86. The zero-order valence-electron chi connectivity index (χ0n) is 11.7. The Hall–Kier alpha value is -1.42. The number of aliphatic hydroxyl groups excluding tert-OH is 1. The van der Waals surface area contributed by atoms with E-state index in [0.29, 0.717) is 6.42 Å². The van der Waals surface area contributed by atoms with E-state index in [0.717, 1.165) is 32.1 Å². The summed E-state index contributed by atoms with van der Waals surface area (Å²) in [5.74, 6) is -0.851. The molecule has 4 heteroatoms. The molecule has 0 aliphatic carbocycles. The van der Waals surface area contributed by atoms with Crippen LogP contribution >= 0.6 is 0 Å². The molecule has 0 atom stereocenters. The molecule has 0 heterocycles. The normalized spacial score (nSPS) is 11.2. The Morgan fingerprint density at radius 1 is 1.26 bits per heavy atom. The fraction of sp³-hybridized carbons (Fsp3) is 0.600. The van der Waals surface area contributed by atoms with Gasteiger partial charge in [0.15, 0.2) is 12.4 Å². The van der Waals surface area contributed by atoms with Gasteiger partial charge in [0.2, 0.25) is 0 Å². The molecule has 0 fully saturated rings. The average molecular weight is 268 g/mol. The smallest absolute Gasteiger partial charge is 0.306 e. The highest BCUT2D eigenvalue weighted by Crippen LogP contribution is 2.08. The van der Waals surface area contributed by atoms with Crippen LogP contribution in [0.2, 0.25) is 0 Å². The van der Waals surface area contributed by atoms with Gasteiger partial charge < -0.3 is 9.84 Å². The maximum atomic E-state index is 11.2. The first-order valence-electron chi connectivity index (χ1n) is 6.64. The number of esters is 1. The predicted octanol–water partition coefficient (Wildman–Crippen LogP) is 2.56. The lowest BCUT2D eigenvalue weighted by atomic mass is 10.1. The molecule has 0 rings (SSSR count). The van der Waals surface area contributed by atoms with Crippen molar-refractivity contribution >= 4 is 11.8 Å². The second kappa shape index (κ2) is 11.7. The van der Waals surface area contributed by atoms with E-state index < -0.39 is 12.4 Å². The van der Waals surface area contributed by atoms with Gasteiger partial charge in [0.25, 0.3) is 0 Å². The summed E-state index contributed by atoms with van der Waals surface area (Å²) in [7, 11) is 0. The second-order valence-corrected chi connectivity index (χ2v) is 4.50. The quantitative estimate of drug-likeness (QED) is 0.355. The number of allylic oxidation sites excluding steroid dienone is 3. The van der Waals surface area contributed by atoms with E-state index >= 15 is 0 Å². The van der Waals surface area contributed by atoms with Crippen LogP contribution in [0.25, 0.3) is 0 Å². The Morgan fingerprint density at radius 2 is 2.00 bits per heavy atom. The van der Waals surface area contributed by atoms with Gasteiger partial charge in [0.05, 0.1) is 0 Å². The summed E-state index contributed by atoms with van der Waals surface area (Å²) in [4.78, 5) is 21.9. The van der Waals surface area contributed by atoms with Gasteiger partial charge in [0, 0.05) is 6.42 Å². The lowest BCUT2D eigenvalue weighted by molar-refractivity contribution is -0.148. The van der Waals surface area contributed by atoms with Crippen molar-refractivity contribution < 1.29 is 19.4 Å². The van der Waals surface area contributed by atoms with Crippen LogP contribution in [0.3, 0.4) is 0 Å². The fourth-order valence-electron chi connectivity index (χ4n) is 1.53. The molecule has 0 aliphatic rings. The van der Waals surface area contributed by atoms with Crippen molar-refractivity contribution in [2.75, 3.05) is 13.2 Å². The highest BCUT2D eigenvalue weighted by molar-refractivity contribution is 5.83. The topological polar surface area (TPSA) is 63.6 Å². The Morgan fingerprint density at radius 3 is 2.63 bits per heavy atom. The largest absolute Gasteiger partial charge is 0.458 e. The van der Waals surface area contributed by atoms with Crippen LogP contribution in [0.15, 0.2) is 24.3 Å². The third-order valence-corrected chi connectivity index (χ3v) is 2.61. The molecule has 0 aliphatic heterocycles. The number of carbonyl (C=O) groups is 2. The monoisotopic (exact) mass is 268 g/mol. The number of ketones is 1. The van der Waals surface area contributed by atoms with Crippen LogP contribution < -0.4 is 0 Å². The molecule has 0 aromatic heterocycles. The maximum Gasteiger partial charge on any atom is 0.306 e. The van der Waals surface area contributed by atoms with Gasteiger partial charge in [0.1, 0.15) is 6.61 Å². The zero-order chi connectivity index (χ0) is 14.5. The van der Waals surface area contributed by atoms with Crippen LogP contribution in [0.5, 0.6) is 0 Å². The predicted molar refractivity (Wildman–Crippen MR) is 74.7 cm³/mol. The summed E-state index contributed by atoms with van der Waals surface area (Å²) < 4.78 is 4.70. The van der Waals surface area contributed by atoms with Gasteiger partial charge >= 0.3 is 5.97 Å². The van der Waals surface area contributed by atoms with Crippen molar-refractivity contribution in [3.8, 4) is 0 Å². The molecule has 108 valence electrons. The number of carbonyl (C=O) groups excluding carboxylic acids is 2. The van der Waals surface area contributed by atoms with Crippen molar-refractivity contribution in [1.29, 1.82) is 0 Å². The van der Waals surface area contributed by atoms with E-state index in [1.165, 1.54) is 5.57 Å². The number of hydrogen-bond acceptors (Lipinski definition) is 4. The Bertz CT molecular complexity index is 318. The first-order chi connectivity index (χ1) is 9.10. The van der Waals surface area contributed by atoms with E-state index in [4.69, 9.17) is 9.84 Å². The SMILES string of the molecule is C=CC/C(C)=C\CCCCCC(=O)OCC(=O)CO. The molecular formula is C15H24O4. The summed E-state index contributed by atoms with van der Waals surface area (Å²) in [6.07, 6.45) is 9.10. The van der Waals surface area contributed by atoms with Gasteiger partial charge in [-0.1, -0.05) is 24.1 Å². The number of hydrogen-bond donors (Lipinski definition) is 1. The van der Waals surface area contributed by atoms with E-state index in [1.807, 2.05) is 6.08 Å². The van der Waals surface area contributed by atoms with Crippen LogP contribution in [-0.4, -0.2) is 30.1 Å².